The Hall–Kier alpha value is -3.48. The van der Waals surface area contributed by atoms with E-state index in [0.29, 0.717) is 18.8 Å². The molecule has 0 saturated heterocycles. The lowest BCUT2D eigenvalue weighted by Crippen LogP contribution is -2.34. The van der Waals surface area contributed by atoms with Gasteiger partial charge in [-0.25, -0.2) is 9.59 Å². The van der Waals surface area contributed by atoms with E-state index in [9.17, 15) is 9.59 Å². The van der Waals surface area contributed by atoms with Crippen molar-refractivity contribution in [3.63, 3.8) is 0 Å². The lowest BCUT2D eigenvalue weighted by Gasteiger charge is -2.08. The molecule has 0 aliphatic heterocycles. The number of aromatic amines is 1. The van der Waals surface area contributed by atoms with Gasteiger partial charge >= 0.3 is 12.1 Å². The molecule has 3 rings (SSSR count). The maximum atomic E-state index is 11.9. The van der Waals surface area contributed by atoms with Crippen molar-refractivity contribution in [3.05, 3.63) is 65.9 Å². The molecule has 0 bridgehead atoms. The topological polar surface area (TPSA) is 95.2 Å². The normalized spacial score (nSPS) is 10.3. The number of methoxy groups -OCH3 is 1. The van der Waals surface area contributed by atoms with Crippen LogP contribution in [0, 0.1) is 0 Å². The van der Waals surface area contributed by atoms with Crippen LogP contribution in [0.25, 0.3) is 10.9 Å². The molecule has 0 radical (unpaired) electrons. The van der Waals surface area contributed by atoms with Gasteiger partial charge in [0.2, 0.25) is 0 Å². The van der Waals surface area contributed by atoms with Crippen LogP contribution in [-0.4, -0.2) is 24.2 Å². The van der Waals surface area contributed by atoms with Gasteiger partial charge in [0.1, 0.15) is 0 Å². The number of anilines is 1. The van der Waals surface area contributed by atoms with E-state index in [0.717, 1.165) is 22.2 Å². The van der Waals surface area contributed by atoms with Crippen molar-refractivity contribution in [1.29, 1.82) is 0 Å². The van der Waals surface area contributed by atoms with E-state index in [-0.39, 0.29) is 6.03 Å². The molecule has 3 aromatic rings. The van der Waals surface area contributed by atoms with Crippen molar-refractivity contribution in [2.24, 2.45) is 0 Å². The van der Waals surface area contributed by atoms with Crippen molar-refractivity contribution < 1.29 is 14.3 Å². The third-order valence-corrected chi connectivity index (χ3v) is 3.86. The number of ether oxygens (including phenoxy) is 1. The number of carbonyl (C=O) groups is 2. The second-order valence-corrected chi connectivity index (χ2v) is 5.73. The maximum Gasteiger partial charge on any atom is 0.411 e. The predicted molar refractivity (Wildman–Crippen MR) is 99.8 cm³/mol. The summed E-state index contributed by atoms with van der Waals surface area (Å²) in [5.41, 5.74) is 3.54. The SMILES string of the molecule is COC(=O)Nc1ccc(CNC(=O)NCc2cc3ccccc3[nH]2)cc1. The van der Waals surface area contributed by atoms with Crippen molar-refractivity contribution in [2.45, 2.75) is 13.1 Å². The number of hydrogen-bond donors (Lipinski definition) is 4. The Morgan fingerprint density at radius 2 is 1.73 bits per heavy atom. The van der Waals surface area contributed by atoms with Crippen LogP contribution in [0.3, 0.4) is 0 Å². The van der Waals surface area contributed by atoms with Crippen LogP contribution >= 0.6 is 0 Å². The fraction of sp³-hybridized carbons (Fsp3) is 0.158. The Kier molecular flexibility index (Phi) is 5.38. The molecule has 7 heteroatoms. The van der Waals surface area contributed by atoms with E-state index in [1.54, 1.807) is 12.1 Å². The average molecular weight is 352 g/mol. The smallest absolute Gasteiger partial charge is 0.411 e. The number of para-hydroxylation sites is 1. The lowest BCUT2D eigenvalue weighted by molar-refractivity contribution is 0.187. The number of H-pyrrole nitrogens is 1. The molecule has 4 N–H and O–H groups in total. The minimum Gasteiger partial charge on any atom is -0.453 e. The van der Waals surface area contributed by atoms with Crippen LogP contribution in [-0.2, 0) is 17.8 Å². The zero-order chi connectivity index (χ0) is 18.4. The second kappa shape index (κ2) is 8.06. The number of amides is 3. The van der Waals surface area contributed by atoms with Gasteiger partial charge in [0, 0.05) is 23.4 Å². The summed E-state index contributed by atoms with van der Waals surface area (Å²) in [7, 11) is 1.31. The molecule has 1 aromatic heterocycles. The largest absolute Gasteiger partial charge is 0.453 e. The monoisotopic (exact) mass is 352 g/mol. The van der Waals surface area contributed by atoms with Crippen LogP contribution < -0.4 is 16.0 Å². The van der Waals surface area contributed by atoms with E-state index in [1.165, 1.54) is 7.11 Å². The number of benzene rings is 2. The maximum absolute atomic E-state index is 11.9. The van der Waals surface area contributed by atoms with E-state index >= 15 is 0 Å². The second-order valence-electron chi connectivity index (χ2n) is 5.73. The molecule has 0 fully saturated rings. The first-order chi connectivity index (χ1) is 12.6. The molecule has 0 atom stereocenters. The molecular weight excluding hydrogens is 332 g/mol. The number of carbonyl (C=O) groups excluding carboxylic acids is 2. The highest BCUT2D eigenvalue weighted by atomic mass is 16.5. The van der Waals surface area contributed by atoms with E-state index < -0.39 is 6.09 Å². The fourth-order valence-electron chi connectivity index (χ4n) is 2.52. The first kappa shape index (κ1) is 17.3. The highest BCUT2D eigenvalue weighted by Crippen LogP contribution is 2.14. The van der Waals surface area contributed by atoms with Gasteiger partial charge < -0.3 is 20.4 Å². The minimum atomic E-state index is -0.521. The molecular formula is C19H20N4O3. The molecule has 134 valence electrons. The number of nitrogens with one attached hydrogen (secondary N) is 4. The van der Waals surface area contributed by atoms with Gasteiger partial charge in [0.25, 0.3) is 0 Å². The van der Waals surface area contributed by atoms with E-state index in [1.807, 2.05) is 42.5 Å². The molecule has 3 amide bonds. The van der Waals surface area contributed by atoms with Gasteiger partial charge in [-0.3, -0.25) is 5.32 Å². The Morgan fingerprint density at radius 3 is 2.46 bits per heavy atom. The molecule has 26 heavy (non-hydrogen) atoms. The molecule has 0 spiro atoms. The van der Waals surface area contributed by atoms with Crippen LogP contribution in [0.5, 0.6) is 0 Å². The summed E-state index contributed by atoms with van der Waals surface area (Å²) < 4.78 is 4.53. The summed E-state index contributed by atoms with van der Waals surface area (Å²) >= 11 is 0. The quantitative estimate of drug-likeness (QED) is 0.567. The van der Waals surface area contributed by atoms with Crippen molar-refractivity contribution >= 4 is 28.7 Å². The molecule has 1 heterocycles. The lowest BCUT2D eigenvalue weighted by atomic mass is 10.2. The molecule has 7 nitrogen and oxygen atoms in total. The standard InChI is InChI=1S/C19H20N4O3/c1-26-19(25)23-15-8-6-13(7-9-15)11-20-18(24)21-12-16-10-14-4-2-3-5-17(14)22-16/h2-10,22H,11-12H2,1H3,(H,23,25)(H2,20,21,24). The third kappa shape index (κ3) is 4.54. The third-order valence-electron chi connectivity index (χ3n) is 3.86. The number of urea groups is 1. The highest BCUT2D eigenvalue weighted by molar-refractivity contribution is 5.84. The Morgan fingerprint density at radius 1 is 1.00 bits per heavy atom. The van der Waals surface area contributed by atoms with Crippen LogP contribution in [0.15, 0.2) is 54.6 Å². The van der Waals surface area contributed by atoms with Crippen molar-refractivity contribution in [3.8, 4) is 0 Å². The summed E-state index contributed by atoms with van der Waals surface area (Å²) in [5.74, 6) is 0. The first-order valence-corrected chi connectivity index (χ1v) is 8.16. The highest BCUT2D eigenvalue weighted by Gasteiger charge is 2.04. The Bertz CT molecular complexity index is 870. The van der Waals surface area contributed by atoms with Gasteiger partial charge in [-0.2, -0.15) is 0 Å². The van der Waals surface area contributed by atoms with Crippen LogP contribution in [0.4, 0.5) is 15.3 Å². The summed E-state index contributed by atoms with van der Waals surface area (Å²) in [6, 6.07) is 16.9. The molecule has 0 aliphatic rings. The number of rotatable bonds is 5. The Labute approximate surface area is 150 Å². The van der Waals surface area contributed by atoms with Crippen LogP contribution in [0.2, 0.25) is 0 Å². The fourth-order valence-corrected chi connectivity index (χ4v) is 2.52. The first-order valence-electron chi connectivity index (χ1n) is 8.16. The average Bonchev–Trinajstić information content (AvgIpc) is 3.08. The van der Waals surface area contributed by atoms with Crippen LogP contribution in [0.1, 0.15) is 11.3 Å². The van der Waals surface area contributed by atoms with Crippen molar-refractivity contribution in [2.75, 3.05) is 12.4 Å². The zero-order valence-electron chi connectivity index (χ0n) is 14.3. The van der Waals surface area contributed by atoms with Gasteiger partial charge in [0.05, 0.1) is 13.7 Å². The predicted octanol–water partition coefficient (Wildman–Crippen LogP) is 3.35. The van der Waals surface area contributed by atoms with Crippen molar-refractivity contribution in [1.82, 2.24) is 15.6 Å². The van der Waals surface area contributed by atoms with E-state index in [2.05, 4.69) is 25.7 Å². The van der Waals surface area contributed by atoms with Gasteiger partial charge in [-0.1, -0.05) is 30.3 Å². The van der Waals surface area contributed by atoms with Gasteiger partial charge in [-0.05, 0) is 35.2 Å². The zero-order valence-corrected chi connectivity index (χ0v) is 14.3. The molecule has 0 unspecified atom stereocenters. The summed E-state index contributed by atoms with van der Waals surface area (Å²) in [6.45, 7) is 0.805. The number of aromatic nitrogens is 1. The minimum absolute atomic E-state index is 0.250. The Balaban J connectivity index is 1.45. The van der Waals surface area contributed by atoms with Gasteiger partial charge in [-0.15, -0.1) is 0 Å². The molecule has 0 saturated carbocycles. The number of fused-ring (bicyclic) bond motifs is 1. The summed E-state index contributed by atoms with van der Waals surface area (Å²) in [4.78, 5) is 26.3. The van der Waals surface area contributed by atoms with Gasteiger partial charge in [0.15, 0.2) is 0 Å². The summed E-state index contributed by atoms with van der Waals surface area (Å²) in [6.07, 6.45) is -0.521. The summed E-state index contributed by atoms with van der Waals surface area (Å²) in [5, 5.41) is 9.30. The molecule has 0 aliphatic carbocycles. The number of hydrogen-bond acceptors (Lipinski definition) is 3. The molecule has 2 aromatic carbocycles. The van der Waals surface area contributed by atoms with E-state index in [4.69, 9.17) is 0 Å².